The summed E-state index contributed by atoms with van der Waals surface area (Å²) in [4.78, 5) is 38.0. The zero-order valence-electron chi connectivity index (χ0n) is 15.2. The number of ketones is 1. The van der Waals surface area contributed by atoms with E-state index in [0.29, 0.717) is 19.5 Å². The second-order valence-electron chi connectivity index (χ2n) is 6.42. The number of carbonyl (C=O) groups excluding carboxylic acids is 1. The summed E-state index contributed by atoms with van der Waals surface area (Å²) in [5.41, 5.74) is 5.47. The van der Waals surface area contributed by atoms with E-state index in [0.717, 1.165) is 15.0 Å². The summed E-state index contributed by atoms with van der Waals surface area (Å²) < 4.78 is 15.1. The maximum Gasteiger partial charge on any atom is 0.332 e. The Labute approximate surface area is 150 Å². The van der Waals surface area contributed by atoms with Crippen molar-refractivity contribution in [1.82, 2.24) is 9.13 Å². The lowest BCUT2D eigenvalue weighted by Crippen LogP contribution is -3.08. The van der Waals surface area contributed by atoms with Crippen molar-refractivity contribution in [1.29, 1.82) is 0 Å². The second-order valence-corrected chi connectivity index (χ2v) is 6.42. The number of nitrogens with two attached hydrogens (primary N) is 1. The molecule has 3 N–H and O–H groups in total. The third-order valence-corrected chi connectivity index (χ3v) is 4.19. The average molecular weight is 363 g/mol. The smallest absolute Gasteiger partial charge is 0.332 e. The fraction of sp³-hybridized carbons (Fsp3) is 0.389. The number of carbonyl (C=O) groups is 1. The number of quaternary nitrogens is 1. The fourth-order valence-corrected chi connectivity index (χ4v) is 2.86. The van der Waals surface area contributed by atoms with Crippen LogP contribution in [0.4, 0.5) is 10.2 Å². The molecule has 1 aromatic carbocycles. The topological polar surface area (TPSA) is 91.5 Å². The van der Waals surface area contributed by atoms with E-state index in [1.54, 1.807) is 19.2 Å². The largest absolute Gasteiger partial charge is 0.384 e. The standard InChI is InChI=1S/C18H23FN4O3/c1-4-9-23-16(20)15(17(25)22(3)18(23)26)14(24)11-21(2)10-12-5-7-13(19)8-6-12/h5-8H,4,9-11,20H2,1-3H3/p+1. The maximum absolute atomic E-state index is 13.0. The molecule has 0 amide bonds. The van der Waals surface area contributed by atoms with E-state index in [1.807, 2.05) is 6.92 Å². The van der Waals surface area contributed by atoms with Gasteiger partial charge < -0.3 is 10.6 Å². The van der Waals surface area contributed by atoms with Crippen molar-refractivity contribution in [3.63, 3.8) is 0 Å². The Kier molecular flexibility index (Phi) is 6.10. The van der Waals surface area contributed by atoms with Gasteiger partial charge in [-0.3, -0.25) is 18.7 Å². The summed E-state index contributed by atoms with van der Waals surface area (Å²) in [6.45, 7) is 2.72. The molecule has 8 heteroatoms. The highest BCUT2D eigenvalue weighted by Gasteiger charge is 2.23. The Morgan fingerprint density at radius 2 is 1.85 bits per heavy atom. The van der Waals surface area contributed by atoms with E-state index in [-0.39, 0.29) is 23.7 Å². The van der Waals surface area contributed by atoms with E-state index in [4.69, 9.17) is 5.73 Å². The van der Waals surface area contributed by atoms with Crippen molar-refractivity contribution in [3.8, 4) is 0 Å². The number of aromatic nitrogens is 2. The molecular formula is C18H24FN4O3+. The van der Waals surface area contributed by atoms with Crippen LogP contribution in [0.25, 0.3) is 0 Å². The number of Topliss-reactive ketones (excluding diaryl/α,β-unsaturated/α-hetero) is 1. The molecule has 2 rings (SSSR count). The Balaban J connectivity index is 2.27. The molecule has 0 fully saturated rings. The van der Waals surface area contributed by atoms with Gasteiger partial charge in [0.25, 0.3) is 5.56 Å². The zero-order valence-corrected chi connectivity index (χ0v) is 15.2. The number of nitrogens with zero attached hydrogens (tertiary/aromatic N) is 2. The highest BCUT2D eigenvalue weighted by Crippen LogP contribution is 2.06. The van der Waals surface area contributed by atoms with Crippen molar-refractivity contribution in [3.05, 3.63) is 62.0 Å². The van der Waals surface area contributed by atoms with Gasteiger partial charge in [0.1, 0.15) is 30.3 Å². The SMILES string of the molecule is CCCn1c(N)c(C(=O)C[NH+](C)Cc2ccc(F)cc2)c(=O)n(C)c1=O. The molecule has 26 heavy (non-hydrogen) atoms. The number of nitrogen functional groups attached to an aromatic ring is 1. The van der Waals surface area contributed by atoms with Gasteiger partial charge in [0.2, 0.25) is 5.78 Å². The van der Waals surface area contributed by atoms with Gasteiger partial charge in [0.15, 0.2) is 0 Å². The number of benzene rings is 1. The van der Waals surface area contributed by atoms with E-state index in [1.165, 1.54) is 23.7 Å². The molecule has 1 heterocycles. The summed E-state index contributed by atoms with van der Waals surface area (Å²) in [6.07, 6.45) is 0.645. The van der Waals surface area contributed by atoms with Crippen molar-refractivity contribution in [2.45, 2.75) is 26.4 Å². The maximum atomic E-state index is 13.0. The lowest BCUT2D eigenvalue weighted by Gasteiger charge is -2.16. The molecule has 0 bridgehead atoms. The number of halogens is 1. The minimum atomic E-state index is -0.681. The Morgan fingerprint density at radius 1 is 1.23 bits per heavy atom. The first-order valence-corrected chi connectivity index (χ1v) is 8.44. The Hall–Kier alpha value is -2.74. The van der Waals surface area contributed by atoms with Crippen LogP contribution >= 0.6 is 0 Å². The van der Waals surface area contributed by atoms with Gasteiger partial charge in [-0.25, -0.2) is 9.18 Å². The highest BCUT2D eigenvalue weighted by atomic mass is 19.1. The van der Waals surface area contributed by atoms with Crippen molar-refractivity contribution in [2.24, 2.45) is 7.05 Å². The van der Waals surface area contributed by atoms with Crippen LogP contribution in [0, 0.1) is 5.82 Å². The molecule has 1 atom stereocenters. The van der Waals surface area contributed by atoms with Crippen LogP contribution in [-0.2, 0) is 20.1 Å². The molecule has 0 radical (unpaired) electrons. The molecule has 0 saturated carbocycles. The van der Waals surface area contributed by atoms with Gasteiger partial charge in [-0.15, -0.1) is 0 Å². The lowest BCUT2D eigenvalue weighted by atomic mass is 10.1. The van der Waals surface area contributed by atoms with E-state index < -0.39 is 17.0 Å². The summed E-state index contributed by atoms with van der Waals surface area (Å²) in [7, 11) is 3.13. The molecule has 0 saturated heterocycles. The summed E-state index contributed by atoms with van der Waals surface area (Å²) >= 11 is 0. The molecule has 2 aromatic rings. The van der Waals surface area contributed by atoms with Crippen LogP contribution in [0.2, 0.25) is 0 Å². The van der Waals surface area contributed by atoms with E-state index in [2.05, 4.69) is 0 Å². The van der Waals surface area contributed by atoms with Crippen molar-refractivity contribution in [2.75, 3.05) is 19.3 Å². The quantitative estimate of drug-likeness (QED) is 0.654. The summed E-state index contributed by atoms with van der Waals surface area (Å²) in [5.74, 6) is -0.830. The van der Waals surface area contributed by atoms with Crippen LogP contribution in [0.3, 0.4) is 0 Å². The second kappa shape index (κ2) is 8.09. The molecule has 7 nitrogen and oxygen atoms in total. The minimum Gasteiger partial charge on any atom is -0.384 e. The monoisotopic (exact) mass is 363 g/mol. The van der Waals surface area contributed by atoms with Gasteiger partial charge >= 0.3 is 5.69 Å². The van der Waals surface area contributed by atoms with Gasteiger partial charge in [0, 0.05) is 19.2 Å². The van der Waals surface area contributed by atoms with Crippen LogP contribution in [0.1, 0.15) is 29.3 Å². The number of rotatable bonds is 7. The summed E-state index contributed by atoms with van der Waals surface area (Å²) in [6, 6.07) is 6.02. The number of hydrogen-bond acceptors (Lipinski definition) is 4. The lowest BCUT2D eigenvalue weighted by molar-refractivity contribution is -0.884. The predicted octanol–water partition coefficient (Wildman–Crippen LogP) is -0.424. The predicted molar refractivity (Wildman–Crippen MR) is 96.8 cm³/mol. The molecule has 0 aliphatic rings. The highest BCUT2D eigenvalue weighted by molar-refractivity contribution is 6.00. The van der Waals surface area contributed by atoms with Crippen LogP contribution < -0.4 is 21.9 Å². The average Bonchev–Trinajstić information content (AvgIpc) is 2.59. The number of anilines is 1. The van der Waals surface area contributed by atoms with Crippen molar-refractivity contribution >= 4 is 11.6 Å². The van der Waals surface area contributed by atoms with Gasteiger partial charge in [-0.2, -0.15) is 0 Å². The van der Waals surface area contributed by atoms with Crippen molar-refractivity contribution < 1.29 is 14.1 Å². The zero-order chi connectivity index (χ0) is 19.4. The Morgan fingerprint density at radius 3 is 2.42 bits per heavy atom. The first-order chi connectivity index (χ1) is 12.3. The first kappa shape index (κ1) is 19.6. The fourth-order valence-electron chi connectivity index (χ4n) is 2.86. The molecule has 0 aliphatic carbocycles. The third kappa shape index (κ3) is 4.08. The third-order valence-electron chi connectivity index (χ3n) is 4.19. The minimum absolute atomic E-state index is 0.0289. The number of hydrogen-bond donors (Lipinski definition) is 2. The first-order valence-electron chi connectivity index (χ1n) is 8.44. The summed E-state index contributed by atoms with van der Waals surface area (Å²) in [5, 5.41) is 0. The Bertz CT molecular complexity index is 916. The molecular weight excluding hydrogens is 339 g/mol. The van der Waals surface area contributed by atoms with Crippen LogP contribution in [0.15, 0.2) is 33.9 Å². The molecule has 1 aromatic heterocycles. The van der Waals surface area contributed by atoms with Gasteiger partial charge in [-0.05, 0) is 18.6 Å². The van der Waals surface area contributed by atoms with Gasteiger partial charge in [-0.1, -0.05) is 19.1 Å². The number of nitrogens with one attached hydrogen (secondary N) is 1. The molecule has 1 unspecified atom stereocenters. The normalized spacial score (nSPS) is 12.2. The molecule has 140 valence electrons. The van der Waals surface area contributed by atoms with E-state index in [9.17, 15) is 18.8 Å². The van der Waals surface area contributed by atoms with E-state index >= 15 is 0 Å². The molecule has 0 aliphatic heterocycles. The van der Waals surface area contributed by atoms with Crippen LogP contribution in [0.5, 0.6) is 0 Å². The number of likely N-dealkylation sites (N-methyl/N-ethyl adjacent to an activating group) is 1. The molecule has 0 spiro atoms. The van der Waals surface area contributed by atoms with Gasteiger partial charge in [0.05, 0.1) is 7.05 Å². The van der Waals surface area contributed by atoms with Crippen LogP contribution in [-0.4, -0.2) is 28.5 Å².